The van der Waals surface area contributed by atoms with Gasteiger partial charge in [-0.1, -0.05) is 48.6 Å². The lowest BCUT2D eigenvalue weighted by atomic mass is 10.2. The van der Waals surface area contributed by atoms with Gasteiger partial charge in [-0.2, -0.15) is 0 Å². The summed E-state index contributed by atoms with van der Waals surface area (Å²) in [6.45, 7) is 0. The quantitative estimate of drug-likeness (QED) is 0.506. The van der Waals surface area contributed by atoms with Gasteiger partial charge in [-0.15, -0.1) is 0 Å². The molecule has 1 rings (SSSR count). The van der Waals surface area contributed by atoms with Crippen molar-refractivity contribution in [3.05, 3.63) is 48.6 Å². The SMILES string of the molecule is C1=CC/C=C/C=C\CCCC=C1. The number of hydrogen-bond donors (Lipinski definition) is 0. The second kappa shape index (κ2) is 6.66. The van der Waals surface area contributed by atoms with Gasteiger partial charge in [0.1, 0.15) is 0 Å². The summed E-state index contributed by atoms with van der Waals surface area (Å²) in [5, 5.41) is 0. The van der Waals surface area contributed by atoms with Crippen LogP contribution in [0.25, 0.3) is 0 Å². The highest BCUT2D eigenvalue weighted by Crippen LogP contribution is 2.00. The number of rotatable bonds is 0. The molecule has 1 aliphatic rings. The van der Waals surface area contributed by atoms with Crippen molar-refractivity contribution in [2.75, 3.05) is 0 Å². The van der Waals surface area contributed by atoms with Crippen LogP contribution in [0.2, 0.25) is 0 Å². The summed E-state index contributed by atoms with van der Waals surface area (Å²) in [7, 11) is 0. The van der Waals surface area contributed by atoms with Gasteiger partial charge in [0.25, 0.3) is 0 Å². The predicted octanol–water partition coefficient (Wildman–Crippen LogP) is 3.79. The molecular formula is C12H16. The van der Waals surface area contributed by atoms with Gasteiger partial charge in [0.2, 0.25) is 0 Å². The Morgan fingerprint density at radius 3 is 1.67 bits per heavy atom. The van der Waals surface area contributed by atoms with E-state index in [0.29, 0.717) is 0 Å². The molecule has 0 aromatic rings. The predicted molar refractivity (Wildman–Crippen MR) is 55.0 cm³/mol. The van der Waals surface area contributed by atoms with Crippen molar-refractivity contribution in [2.45, 2.75) is 25.7 Å². The fourth-order valence-electron chi connectivity index (χ4n) is 1.10. The van der Waals surface area contributed by atoms with Gasteiger partial charge in [0.05, 0.1) is 0 Å². The van der Waals surface area contributed by atoms with E-state index in [9.17, 15) is 0 Å². The second-order valence-corrected chi connectivity index (χ2v) is 2.88. The molecule has 0 aromatic heterocycles. The van der Waals surface area contributed by atoms with E-state index < -0.39 is 0 Å². The van der Waals surface area contributed by atoms with Crippen LogP contribution < -0.4 is 0 Å². The third kappa shape index (κ3) is 4.73. The van der Waals surface area contributed by atoms with Crippen LogP contribution in [-0.4, -0.2) is 0 Å². The third-order valence-electron chi connectivity index (χ3n) is 1.78. The van der Waals surface area contributed by atoms with Crippen LogP contribution in [0.15, 0.2) is 48.6 Å². The average Bonchev–Trinajstić information content (AvgIpc) is 2.05. The molecule has 0 fully saturated rings. The maximum atomic E-state index is 2.23. The molecule has 0 atom stereocenters. The van der Waals surface area contributed by atoms with Crippen LogP contribution in [0.1, 0.15) is 25.7 Å². The van der Waals surface area contributed by atoms with Gasteiger partial charge >= 0.3 is 0 Å². The van der Waals surface area contributed by atoms with Gasteiger partial charge in [-0.3, -0.25) is 0 Å². The molecule has 0 spiro atoms. The molecule has 0 radical (unpaired) electrons. The summed E-state index contributed by atoms with van der Waals surface area (Å²) in [5.74, 6) is 0. The van der Waals surface area contributed by atoms with Crippen molar-refractivity contribution in [1.82, 2.24) is 0 Å². The Balaban J connectivity index is 2.42. The molecule has 64 valence electrons. The van der Waals surface area contributed by atoms with Gasteiger partial charge < -0.3 is 0 Å². The van der Waals surface area contributed by atoms with Gasteiger partial charge in [-0.05, 0) is 25.7 Å². The highest BCUT2D eigenvalue weighted by atomic mass is 13.9. The molecule has 0 heterocycles. The number of allylic oxidation sites excluding steroid dienone is 8. The zero-order valence-corrected chi connectivity index (χ0v) is 7.45. The van der Waals surface area contributed by atoms with Gasteiger partial charge in [-0.25, -0.2) is 0 Å². The highest BCUT2D eigenvalue weighted by Gasteiger charge is 1.79. The molecule has 0 N–H and O–H groups in total. The molecule has 0 saturated heterocycles. The molecule has 0 aliphatic heterocycles. The first kappa shape index (κ1) is 9.05. The van der Waals surface area contributed by atoms with Crippen LogP contribution in [0, 0.1) is 0 Å². The molecule has 0 amide bonds. The summed E-state index contributed by atoms with van der Waals surface area (Å²) >= 11 is 0. The molecule has 0 unspecified atom stereocenters. The molecule has 0 nitrogen and oxygen atoms in total. The van der Waals surface area contributed by atoms with E-state index in [1.54, 1.807) is 0 Å². The Morgan fingerprint density at radius 2 is 1.08 bits per heavy atom. The van der Waals surface area contributed by atoms with E-state index >= 15 is 0 Å². The van der Waals surface area contributed by atoms with E-state index in [2.05, 4.69) is 48.6 Å². The first-order valence-electron chi connectivity index (χ1n) is 4.63. The highest BCUT2D eigenvalue weighted by molar-refractivity contribution is 5.09. The van der Waals surface area contributed by atoms with Crippen molar-refractivity contribution in [2.24, 2.45) is 0 Å². The summed E-state index contributed by atoms with van der Waals surface area (Å²) in [5.41, 5.74) is 0. The fourth-order valence-corrected chi connectivity index (χ4v) is 1.10. The minimum atomic E-state index is 1.04. The zero-order chi connectivity index (χ0) is 8.49. The summed E-state index contributed by atoms with van der Waals surface area (Å²) in [6.07, 6.45) is 22.0. The maximum Gasteiger partial charge on any atom is -0.0163 e. The lowest BCUT2D eigenvalue weighted by Crippen LogP contribution is -1.69. The molecule has 0 bridgehead atoms. The Morgan fingerprint density at radius 1 is 0.583 bits per heavy atom. The first-order valence-corrected chi connectivity index (χ1v) is 4.63. The first-order chi connectivity index (χ1) is 6.00. The van der Waals surface area contributed by atoms with E-state index in [1.165, 1.54) is 19.3 Å². The molecule has 0 saturated carbocycles. The molecule has 1 aliphatic carbocycles. The van der Waals surface area contributed by atoms with E-state index in [-0.39, 0.29) is 0 Å². The molecule has 0 aromatic carbocycles. The molecule has 12 heavy (non-hydrogen) atoms. The fraction of sp³-hybridized carbons (Fsp3) is 0.333. The largest absolute Gasteiger partial charge is 0.0845 e. The van der Waals surface area contributed by atoms with E-state index in [0.717, 1.165) is 6.42 Å². The van der Waals surface area contributed by atoms with E-state index in [4.69, 9.17) is 0 Å². The summed E-state index contributed by atoms with van der Waals surface area (Å²) in [6, 6.07) is 0. The van der Waals surface area contributed by atoms with Crippen molar-refractivity contribution in [3.63, 3.8) is 0 Å². The van der Waals surface area contributed by atoms with E-state index in [1.807, 2.05) is 0 Å². The lowest BCUT2D eigenvalue weighted by Gasteiger charge is -1.89. The topological polar surface area (TPSA) is 0 Å². The Hall–Kier alpha value is -1.04. The minimum absolute atomic E-state index is 1.04. The van der Waals surface area contributed by atoms with Crippen LogP contribution in [0.4, 0.5) is 0 Å². The summed E-state index contributed by atoms with van der Waals surface area (Å²) in [4.78, 5) is 0. The third-order valence-corrected chi connectivity index (χ3v) is 1.78. The van der Waals surface area contributed by atoms with Crippen LogP contribution >= 0.6 is 0 Å². The van der Waals surface area contributed by atoms with Crippen LogP contribution in [-0.2, 0) is 0 Å². The monoisotopic (exact) mass is 160 g/mol. The zero-order valence-electron chi connectivity index (χ0n) is 7.45. The minimum Gasteiger partial charge on any atom is -0.0845 e. The molecular weight excluding hydrogens is 144 g/mol. The Labute approximate surface area is 75.0 Å². The summed E-state index contributed by atoms with van der Waals surface area (Å²) < 4.78 is 0. The lowest BCUT2D eigenvalue weighted by molar-refractivity contribution is 0.868. The number of hydrogen-bond acceptors (Lipinski definition) is 0. The Bertz CT molecular complexity index is 182. The average molecular weight is 160 g/mol. The van der Waals surface area contributed by atoms with Crippen molar-refractivity contribution in [1.29, 1.82) is 0 Å². The molecule has 0 heteroatoms. The maximum absolute atomic E-state index is 2.23. The second-order valence-electron chi connectivity index (χ2n) is 2.88. The smallest absolute Gasteiger partial charge is 0.0163 e. The van der Waals surface area contributed by atoms with Gasteiger partial charge in [0, 0.05) is 0 Å². The standard InChI is InChI=1S/C12H16/c1-2-4-6-8-10-12-11-9-7-5-3-1/h1-4,7,9,11-12H,5-6,8,10H2/b3-1+,4-2-,9-7?,12-11?. The Kier molecular flexibility index (Phi) is 5.02. The van der Waals surface area contributed by atoms with Crippen molar-refractivity contribution >= 4 is 0 Å². The van der Waals surface area contributed by atoms with Gasteiger partial charge in [0.15, 0.2) is 0 Å². The van der Waals surface area contributed by atoms with Crippen LogP contribution in [0.3, 0.4) is 0 Å². The van der Waals surface area contributed by atoms with Crippen molar-refractivity contribution < 1.29 is 0 Å². The van der Waals surface area contributed by atoms with Crippen molar-refractivity contribution in [3.8, 4) is 0 Å². The van der Waals surface area contributed by atoms with Crippen LogP contribution in [0.5, 0.6) is 0 Å². The normalized spacial score (nSPS) is 24.0.